The van der Waals surface area contributed by atoms with Crippen LogP contribution in [0, 0.1) is 6.92 Å². The molecule has 0 aliphatic carbocycles. The minimum atomic E-state index is -0.250. The lowest BCUT2D eigenvalue weighted by Crippen LogP contribution is -2.26. The van der Waals surface area contributed by atoms with Crippen LogP contribution in [-0.2, 0) is 0 Å². The zero-order valence-corrected chi connectivity index (χ0v) is 10.8. The van der Waals surface area contributed by atoms with Gasteiger partial charge < -0.3 is 15.2 Å². The number of hydrogen-bond donors (Lipinski definition) is 1. The maximum absolute atomic E-state index is 5.98. The number of rotatable bonds is 4. The van der Waals surface area contributed by atoms with Crippen LogP contribution < -0.4 is 5.73 Å². The fourth-order valence-electron chi connectivity index (χ4n) is 1.66. The molecule has 6 heteroatoms. The molecule has 0 fully saturated rings. The van der Waals surface area contributed by atoms with Gasteiger partial charge in [0, 0.05) is 24.0 Å². The summed E-state index contributed by atoms with van der Waals surface area (Å²) in [5, 5.41) is 3.92. The first-order valence-corrected chi connectivity index (χ1v) is 5.73. The summed E-state index contributed by atoms with van der Waals surface area (Å²) in [5.74, 6) is 0.998. The summed E-state index contributed by atoms with van der Waals surface area (Å²) < 4.78 is 5.22. The van der Waals surface area contributed by atoms with E-state index < -0.39 is 0 Å². The fourth-order valence-corrected chi connectivity index (χ4v) is 1.66. The Balaban J connectivity index is 2.20. The molecule has 2 aromatic heterocycles. The van der Waals surface area contributed by atoms with Crippen molar-refractivity contribution in [1.29, 1.82) is 0 Å². The van der Waals surface area contributed by atoms with E-state index in [1.54, 1.807) is 6.20 Å². The van der Waals surface area contributed by atoms with E-state index in [0.29, 0.717) is 18.3 Å². The minimum absolute atomic E-state index is 0.250. The van der Waals surface area contributed by atoms with Crippen LogP contribution >= 0.6 is 0 Å². The topological polar surface area (TPSA) is 81.1 Å². The van der Waals surface area contributed by atoms with E-state index in [0.717, 1.165) is 11.3 Å². The van der Waals surface area contributed by atoms with E-state index in [4.69, 9.17) is 10.3 Å². The first-order valence-electron chi connectivity index (χ1n) is 5.73. The van der Waals surface area contributed by atoms with Crippen molar-refractivity contribution in [2.75, 3.05) is 20.6 Å². The summed E-state index contributed by atoms with van der Waals surface area (Å²) in [6.07, 6.45) is 1.72. The van der Waals surface area contributed by atoms with Gasteiger partial charge in [0.2, 0.25) is 0 Å². The molecule has 96 valence electrons. The zero-order valence-electron chi connectivity index (χ0n) is 10.8. The van der Waals surface area contributed by atoms with Crippen molar-refractivity contribution in [3.63, 3.8) is 0 Å². The normalized spacial score (nSPS) is 12.9. The molecule has 2 aromatic rings. The Morgan fingerprint density at radius 3 is 2.89 bits per heavy atom. The number of likely N-dealkylation sites (N-methyl/N-ethyl adjacent to an activating group) is 1. The van der Waals surface area contributed by atoms with E-state index >= 15 is 0 Å². The van der Waals surface area contributed by atoms with Crippen molar-refractivity contribution in [3.8, 4) is 11.5 Å². The first kappa shape index (κ1) is 12.7. The molecule has 1 unspecified atom stereocenters. The second-order valence-electron chi connectivity index (χ2n) is 4.51. The first-order chi connectivity index (χ1) is 8.56. The number of hydrogen-bond acceptors (Lipinski definition) is 6. The van der Waals surface area contributed by atoms with Crippen molar-refractivity contribution < 1.29 is 4.52 Å². The van der Waals surface area contributed by atoms with Gasteiger partial charge in [-0.2, -0.15) is 4.98 Å². The molecule has 1 atom stereocenters. The molecule has 0 saturated carbocycles. The van der Waals surface area contributed by atoms with Crippen LogP contribution in [0.15, 0.2) is 22.9 Å². The van der Waals surface area contributed by atoms with Gasteiger partial charge in [-0.15, -0.1) is 0 Å². The van der Waals surface area contributed by atoms with E-state index in [1.807, 2.05) is 38.1 Å². The van der Waals surface area contributed by atoms with Crippen molar-refractivity contribution in [2.45, 2.75) is 13.0 Å². The molecule has 2 N–H and O–H groups in total. The largest absolute Gasteiger partial charge is 0.334 e. The Kier molecular flexibility index (Phi) is 3.69. The van der Waals surface area contributed by atoms with Crippen LogP contribution in [0.3, 0.4) is 0 Å². The van der Waals surface area contributed by atoms with Gasteiger partial charge in [0.15, 0.2) is 5.82 Å². The third-order valence-corrected chi connectivity index (χ3v) is 2.48. The van der Waals surface area contributed by atoms with Crippen LogP contribution in [0.5, 0.6) is 0 Å². The average molecular weight is 247 g/mol. The molecule has 0 aliphatic heterocycles. The number of nitrogens with two attached hydrogens (primary N) is 1. The standard InChI is InChI=1S/C12H17N5O/c1-8-6-9(4-5-14-8)12-15-11(16-18-12)10(13)7-17(2)3/h4-6,10H,7,13H2,1-3H3. The van der Waals surface area contributed by atoms with Gasteiger partial charge in [-0.3, -0.25) is 4.98 Å². The number of aromatic nitrogens is 3. The molecule has 0 radical (unpaired) electrons. The second kappa shape index (κ2) is 5.24. The second-order valence-corrected chi connectivity index (χ2v) is 4.51. The van der Waals surface area contributed by atoms with Gasteiger partial charge in [-0.25, -0.2) is 0 Å². The van der Waals surface area contributed by atoms with Gasteiger partial charge in [-0.1, -0.05) is 5.16 Å². The molecular weight excluding hydrogens is 230 g/mol. The van der Waals surface area contributed by atoms with Crippen LogP contribution in [0.1, 0.15) is 17.6 Å². The number of pyridine rings is 1. The van der Waals surface area contributed by atoms with E-state index in [2.05, 4.69) is 15.1 Å². The Labute approximate surface area is 106 Å². The molecule has 0 bridgehead atoms. The molecular formula is C12H17N5O. The predicted molar refractivity (Wildman–Crippen MR) is 67.7 cm³/mol. The van der Waals surface area contributed by atoms with Crippen LogP contribution in [0.2, 0.25) is 0 Å². The van der Waals surface area contributed by atoms with Crippen molar-refractivity contribution >= 4 is 0 Å². The molecule has 0 aliphatic rings. The van der Waals surface area contributed by atoms with Gasteiger partial charge >= 0.3 is 0 Å². The SMILES string of the molecule is Cc1cc(-c2nc(C(N)CN(C)C)no2)ccn1. The maximum atomic E-state index is 5.98. The molecule has 0 aromatic carbocycles. The highest BCUT2D eigenvalue weighted by Crippen LogP contribution is 2.18. The Morgan fingerprint density at radius 2 is 2.22 bits per heavy atom. The van der Waals surface area contributed by atoms with E-state index in [9.17, 15) is 0 Å². The molecule has 2 heterocycles. The molecule has 0 saturated heterocycles. The van der Waals surface area contributed by atoms with Gasteiger partial charge in [0.25, 0.3) is 5.89 Å². The minimum Gasteiger partial charge on any atom is -0.334 e. The monoisotopic (exact) mass is 247 g/mol. The molecule has 6 nitrogen and oxygen atoms in total. The molecule has 2 rings (SSSR count). The fraction of sp³-hybridized carbons (Fsp3) is 0.417. The van der Waals surface area contributed by atoms with Crippen LogP contribution in [0.4, 0.5) is 0 Å². The predicted octanol–water partition coefficient (Wildman–Crippen LogP) is 1.00. The lowest BCUT2D eigenvalue weighted by Gasteiger charge is -2.12. The zero-order chi connectivity index (χ0) is 13.1. The van der Waals surface area contributed by atoms with Gasteiger partial charge in [0.1, 0.15) is 0 Å². The highest BCUT2D eigenvalue weighted by atomic mass is 16.5. The van der Waals surface area contributed by atoms with Gasteiger partial charge in [0.05, 0.1) is 6.04 Å². The quantitative estimate of drug-likeness (QED) is 0.868. The third-order valence-electron chi connectivity index (χ3n) is 2.48. The van der Waals surface area contributed by atoms with Crippen molar-refractivity contribution in [2.24, 2.45) is 5.73 Å². The summed E-state index contributed by atoms with van der Waals surface area (Å²) >= 11 is 0. The van der Waals surface area contributed by atoms with E-state index in [-0.39, 0.29) is 6.04 Å². The lowest BCUT2D eigenvalue weighted by molar-refractivity contribution is 0.357. The Bertz CT molecular complexity index is 523. The summed E-state index contributed by atoms with van der Waals surface area (Å²) in [4.78, 5) is 10.4. The smallest absolute Gasteiger partial charge is 0.258 e. The third kappa shape index (κ3) is 2.91. The molecule has 0 spiro atoms. The maximum Gasteiger partial charge on any atom is 0.258 e. The van der Waals surface area contributed by atoms with Crippen LogP contribution in [0.25, 0.3) is 11.5 Å². The van der Waals surface area contributed by atoms with Crippen LogP contribution in [-0.4, -0.2) is 40.7 Å². The van der Waals surface area contributed by atoms with Crippen molar-refractivity contribution in [3.05, 3.63) is 29.8 Å². The summed E-state index contributed by atoms with van der Waals surface area (Å²) in [5.41, 5.74) is 7.75. The van der Waals surface area contributed by atoms with Crippen molar-refractivity contribution in [1.82, 2.24) is 20.0 Å². The molecule has 18 heavy (non-hydrogen) atoms. The Hall–Kier alpha value is -1.79. The van der Waals surface area contributed by atoms with Gasteiger partial charge in [-0.05, 0) is 33.2 Å². The van der Waals surface area contributed by atoms with E-state index in [1.165, 1.54) is 0 Å². The number of nitrogens with zero attached hydrogens (tertiary/aromatic N) is 4. The lowest BCUT2D eigenvalue weighted by atomic mass is 10.2. The Morgan fingerprint density at radius 1 is 1.44 bits per heavy atom. The molecule has 0 amide bonds. The highest BCUT2D eigenvalue weighted by molar-refractivity contribution is 5.52. The summed E-state index contributed by atoms with van der Waals surface area (Å²) in [6, 6.07) is 3.48. The average Bonchev–Trinajstić information content (AvgIpc) is 2.77. The summed E-state index contributed by atoms with van der Waals surface area (Å²) in [6.45, 7) is 2.59. The highest BCUT2D eigenvalue weighted by Gasteiger charge is 2.15. The summed E-state index contributed by atoms with van der Waals surface area (Å²) in [7, 11) is 3.90. The number of aryl methyl sites for hydroxylation is 1.